The van der Waals surface area contributed by atoms with E-state index >= 15 is 0 Å². The van der Waals surface area contributed by atoms with E-state index in [0.717, 1.165) is 15.7 Å². The van der Waals surface area contributed by atoms with Crippen molar-refractivity contribution in [1.82, 2.24) is 14.3 Å². The fraction of sp³-hybridized carbons (Fsp3) is 0.130. The summed E-state index contributed by atoms with van der Waals surface area (Å²) in [6.45, 7) is 1.57. The molecule has 4 rings (SSSR count). The Balaban J connectivity index is 1.58. The van der Waals surface area contributed by atoms with Crippen molar-refractivity contribution in [2.45, 2.75) is 20.0 Å². The maximum absolute atomic E-state index is 12.8. The summed E-state index contributed by atoms with van der Waals surface area (Å²) in [4.78, 5) is 37.8. The van der Waals surface area contributed by atoms with E-state index in [1.54, 1.807) is 6.92 Å². The van der Waals surface area contributed by atoms with Crippen molar-refractivity contribution in [3.05, 3.63) is 105 Å². The number of hydrogen-bond donors (Lipinski definition) is 1. The van der Waals surface area contributed by atoms with Crippen LogP contribution in [-0.4, -0.2) is 20.2 Å². The van der Waals surface area contributed by atoms with Crippen LogP contribution in [0, 0.1) is 6.92 Å². The van der Waals surface area contributed by atoms with E-state index in [2.05, 4.69) is 10.5 Å². The van der Waals surface area contributed by atoms with Crippen LogP contribution < -0.4 is 16.6 Å². The fourth-order valence-corrected chi connectivity index (χ4v) is 3.23. The van der Waals surface area contributed by atoms with Crippen LogP contribution in [0.2, 0.25) is 0 Å². The third-order valence-electron chi connectivity index (χ3n) is 4.80. The molecule has 0 aliphatic rings. The van der Waals surface area contributed by atoms with E-state index in [9.17, 15) is 14.4 Å². The van der Waals surface area contributed by atoms with Crippen LogP contribution in [-0.2, 0) is 17.9 Å². The normalized spacial score (nSPS) is 10.7. The van der Waals surface area contributed by atoms with Crippen molar-refractivity contribution in [2.24, 2.45) is 0 Å². The number of rotatable bonds is 6. The molecule has 2 aromatic carbocycles. The molecular formula is C23H20N4O4. The lowest BCUT2D eigenvalue weighted by molar-refractivity contribution is -0.116. The summed E-state index contributed by atoms with van der Waals surface area (Å²) in [6, 6.07) is 19.9. The molecule has 2 aromatic heterocycles. The first-order chi connectivity index (χ1) is 15.0. The number of aromatic nitrogens is 3. The van der Waals surface area contributed by atoms with Crippen molar-refractivity contribution in [3.63, 3.8) is 0 Å². The zero-order chi connectivity index (χ0) is 21.8. The van der Waals surface area contributed by atoms with Crippen molar-refractivity contribution in [2.75, 3.05) is 5.32 Å². The molecule has 31 heavy (non-hydrogen) atoms. The van der Waals surface area contributed by atoms with Crippen LogP contribution in [0.5, 0.6) is 0 Å². The Morgan fingerprint density at radius 1 is 1.00 bits per heavy atom. The minimum Gasteiger partial charge on any atom is -0.354 e. The number of nitrogens with zero attached hydrogens (tertiary/aromatic N) is 3. The van der Waals surface area contributed by atoms with Gasteiger partial charge in [0, 0.05) is 17.8 Å². The second-order valence-corrected chi connectivity index (χ2v) is 7.02. The lowest BCUT2D eigenvalue weighted by Crippen LogP contribution is -2.41. The quantitative estimate of drug-likeness (QED) is 0.521. The van der Waals surface area contributed by atoms with E-state index in [0.29, 0.717) is 23.7 Å². The first-order valence-electron chi connectivity index (χ1n) is 9.68. The highest BCUT2D eigenvalue weighted by Crippen LogP contribution is 2.30. The molecule has 0 saturated carbocycles. The van der Waals surface area contributed by atoms with Gasteiger partial charge in [0.1, 0.15) is 17.9 Å². The lowest BCUT2D eigenvalue weighted by Gasteiger charge is -2.10. The predicted molar refractivity (Wildman–Crippen MR) is 116 cm³/mol. The fourth-order valence-electron chi connectivity index (χ4n) is 3.23. The number of nitrogens with one attached hydrogen (secondary N) is 1. The van der Waals surface area contributed by atoms with Crippen molar-refractivity contribution >= 4 is 11.6 Å². The van der Waals surface area contributed by atoms with Crippen LogP contribution in [0.1, 0.15) is 11.3 Å². The first-order valence-corrected chi connectivity index (χ1v) is 9.68. The number of amides is 1. The molecule has 0 aliphatic heterocycles. The minimum atomic E-state index is -0.558. The number of hydrogen-bond acceptors (Lipinski definition) is 5. The summed E-state index contributed by atoms with van der Waals surface area (Å²) in [5.74, 6) is -0.117. The average molecular weight is 416 g/mol. The van der Waals surface area contributed by atoms with Gasteiger partial charge in [0.05, 0.1) is 6.54 Å². The standard InChI is InChI=1S/C23H20N4O4/c1-16-21(22(31-25-16)18-10-6-3-7-11-18)24-19(28)15-27-20(29)12-13-26(23(27)30)14-17-8-4-2-5-9-17/h2-13H,14-15H2,1H3,(H,24,28). The highest BCUT2D eigenvalue weighted by Gasteiger charge is 2.18. The molecule has 0 radical (unpaired) electrons. The van der Waals surface area contributed by atoms with Crippen molar-refractivity contribution in [3.8, 4) is 11.3 Å². The van der Waals surface area contributed by atoms with Gasteiger partial charge in [-0.1, -0.05) is 65.8 Å². The van der Waals surface area contributed by atoms with Gasteiger partial charge in [0.2, 0.25) is 5.91 Å². The van der Waals surface area contributed by atoms with Gasteiger partial charge in [-0.15, -0.1) is 0 Å². The molecule has 0 spiro atoms. The van der Waals surface area contributed by atoms with E-state index in [4.69, 9.17) is 4.52 Å². The molecular weight excluding hydrogens is 396 g/mol. The van der Waals surface area contributed by atoms with E-state index < -0.39 is 23.7 Å². The molecule has 0 saturated heterocycles. The molecule has 0 aliphatic carbocycles. The second-order valence-electron chi connectivity index (χ2n) is 7.02. The predicted octanol–water partition coefficient (Wildman–Crippen LogP) is 2.66. The molecule has 1 N–H and O–H groups in total. The number of carbonyl (C=O) groups excluding carboxylic acids is 1. The van der Waals surface area contributed by atoms with Gasteiger partial charge < -0.3 is 9.84 Å². The summed E-state index contributed by atoms with van der Waals surface area (Å²) in [7, 11) is 0. The molecule has 0 bridgehead atoms. The van der Waals surface area contributed by atoms with Gasteiger partial charge >= 0.3 is 5.69 Å². The minimum absolute atomic E-state index is 0.296. The smallest absolute Gasteiger partial charge is 0.331 e. The lowest BCUT2D eigenvalue weighted by atomic mass is 10.1. The maximum Gasteiger partial charge on any atom is 0.331 e. The van der Waals surface area contributed by atoms with Gasteiger partial charge in [-0.2, -0.15) is 0 Å². The Bertz CT molecular complexity index is 1320. The highest BCUT2D eigenvalue weighted by atomic mass is 16.5. The summed E-state index contributed by atoms with van der Waals surface area (Å²) in [6.07, 6.45) is 1.43. The Labute approximate surface area is 177 Å². The molecule has 4 aromatic rings. The summed E-state index contributed by atoms with van der Waals surface area (Å²) >= 11 is 0. The molecule has 0 atom stereocenters. The van der Waals surface area contributed by atoms with Crippen LogP contribution in [0.15, 0.2) is 87.0 Å². The Hall–Kier alpha value is -4.20. The van der Waals surface area contributed by atoms with Gasteiger partial charge in [-0.05, 0) is 12.5 Å². The van der Waals surface area contributed by atoms with Crippen LogP contribution in [0.3, 0.4) is 0 Å². The second kappa shape index (κ2) is 8.66. The van der Waals surface area contributed by atoms with Crippen LogP contribution >= 0.6 is 0 Å². The average Bonchev–Trinajstić information content (AvgIpc) is 3.14. The van der Waals surface area contributed by atoms with E-state index in [1.165, 1.54) is 16.8 Å². The third kappa shape index (κ3) is 4.37. The first kappa shape index (κ1) is 20.1. The molecule has 1 amide bonds. The molecule has 2 heterocycles. The molecule has 156 valence electrons. The molecule has 8 nitrogen and oxygen atoms in total. The van der Waals surface area contributed by atoms with Crippen LogP contribution in [0.4, 0.5) is 5.69 Å². The topological polar surface area (TPSA) is 99.1 Å². The zero-order valence-electron chi connectivity index (χ0n) is 16.8. The van der Waals surface area contributed by atoms with Gasteiger partial charge in [-0.3, -0.25) is 18.7 Å². The Morgan fingerprint density at radius 3 is 2.39 bits per heavy atom. The number of aryl methyl sites for hydroxylation is 1. The monoisotopic (exact) mass is 416 g/mol. The van der Waals surface area contributed by atoms with Gasteiger partial charge in [0.15, 0.2) is 5.76 Å². The Kier molecular flexibility index (Phi) is 5.61. The van der Waals surface area contributed by atoms with E-state index in [1.807, 2.05) is 60.7 Å². The zero-order valence-corrected chi connectivity index (χ0v) is 16.8. The highest BCUT2D eigenvalue weighted by molar-refractivity contribution is 5.94. The maximum atomic E-state index is 12.8. The van der Waals surface area contributed by atoms with Crippen molar-refractivity contribution < 1.29 is 9.32 Å². The summed E-state index contributed by atoms with van der Waals surface area (Å²) in [5.41, 5.74) is 1.46. The van der Waals surface area contributed by atoms with E-state index in [-0.39, 0.29) is 0 Å². The number of carbonyl (C=O) groups is 1. The third-order valence-corrected chi connectivity index (χ3v) is 4.80. The van der Waals surface area contributed by atoms with Gasteiger partial charge in [0.25, 0.3) is 5.56 Å². The van der Waals surface area contributed by atoms with Crippen molar-refractivity contribution in [1.29, 1.82) is 0 Å². The largest absolute Gasteiger partial charge is 0.354 e. The van der Waals surface area contributed by atoms with Crippen LogP contribution in [0.25, 0.3) is 11.3 Å². The number of benzene rings is 2. The summed E-state index contributed by atoms with van der Waals surface area (Å²) < 4.78 is 7.67. The SMILES string of the molecule is Cc1noc(-c2ccccc2)c1NC(=O)Cn1c(=O)ccn(Cc2ccccc2)c1=O. The Morgan fingerprint density at radius 2 is 1.68 bits per heavy atom. The van der Waals surface area contributed by atoms with Gasteiger partial charge in [-0.25, -0.2) is 4.79 Å². The molecule has 0 unspecified atom stereocenters. The molecule has 8 heteroatoms. The number of anilines is 1. The molecule has 0 fully saturated rings. The summed E-state index contributed by atoms with van der Waals surface area (Å²) in [5, 5.41) is 6.65.